The van der Waals surface area contributed by atoms with Gasteiger partial charge in [0.2, 0.25) is 10.0 Å². The Balaban J connectivity index is 0.000000248. The van der Waals surface area contributed by atoms with E-state index in [0.29, 0.717) is 18.1 Å². The van der Waals surface area contributed by atoms with Crippen molar-refractivity contribution in [2.75, 3.05) is 26.3 Å². The lowest BCUT2D eigenvalue weighted by Gasteiger charge is -2.20. The van der Waals surface area contributed by atoms with Gasteiger partial charge in [0.1, 0.15) is 17.5 Å². The Kier molecular flexibility index (Phi) is 8.96. The molecule has 3 N–H and O–H groups in total. The SMILES string of the molecule is CC(C)COc1cc(C#N)c(F)cc1O.N#Cc1ccc(S(=O)(=O)N2CCC(O)(CO)C2)cc1. The minimum Gasteiger partial charge on any atom is -0.504 e. The zero-order chi connectivity index (χ0) is 25.5. The summed E-state index contributed by atoms with van der Waals surface area (Å²) >= 11 is 0. The molecule has 0 aliphatic carbocycles. The zero-order valence-corrected chi connectivity index (χ0v) is 19.6. The van der Waals surface area contributed by atoms with Crippen molar-refractivity contribution >= 4 is 10.0 Å². The Morgan fingerprint density at radius 1 is 1.21 bits per heavy atom. The molecule has 1 heterocycles. The number of aliphatic hydroxyl groups is 2. The number of aromatic hydroxyl groups is 1. The number of hydrogen-bond donors (Lipinski definition) is 3. The fraction of sp³-hybridized carbons (Fsp3) is 0.391. The summed E-state index contributed by atoms with van der Waals surface area (Å²) in [6, 6.07) is 11.3. The van der Waals surface area contributed by atoms with Crippen molar-refractivity contribution in [1.82, 2.24) is 4.31 Å². The summed E-state index contributed by atoms with van der Waals surface area (Å²) in [4.78, 5) is 0.0775. The van der Waals surface area contributed by atoms with Gasteiger partial charge in [0.25, 0.3) is 0 Å². The second kappa shape index (κ2) is 11.3. The van der Waals surface area contributed by atoms with Crippen LogP contribution in [0.3, 0.4) is 0 Å². The molecule has 34 heavy (non-hydrogen) atoms. The molecule has 0 amide bonds. The summed E-state index contributed by atoms with van der Waals surface area (Å²) in [5.41, 5.74) is -1.11. The number of ether oxygens (including phenoxy) is 1. The summed E-state index contributed by atoms with van der Waals surface area (Å²) in [6.45, 7) is 3.89. The maximum Gasteiger partial charge on any atom is 0.243 e. The number of rotatable bonds is 6. The molecule has 1 atom stereocenters. The maximum absolute atomic E-state index is 13.0. The first-order chi connectivity index (χ1) is 16.0. The van der Waals surface area contributed by atoms with Crippen LogP contribution in [0.1, 0.15) is 31.4 Å². The molecule has 3 rings (SSSR count). The van der Waals surface area contributed by atoms with Crippen molar-refractivity contribution in [3.05, 3.63) is 53.3 Å². The molecule has 1 fully saturated rings. The Bertz CT molecular complexity index is 1190. The third kappa shape index (κ3) is 6.65. The molecule has 182 valence electrons. The van der Waals surface area contributed by atoms with Crippen LogP contribution in [0.5, 0.6) is 11.5 Å². The molecule has 0 radical (unpaired) electrons. The van der Waals surface area contributed by atoms with Gasteiger partial charge in [-0.3, -0.25) is 0 Å². The fourth-order valence-electron chi connectivity index (χ4n) is 3.00. The number of phenolic OH excluding ortho intramolecular Hbond substituents is 1. The van der Waals surface area contributed by atoms with Gasteiger partial charge in [-0.2, -0.15) is 14.8 Å². The molecule has 0 spiro atoms. The third-order valence-corrected chi connectivity index (χ3v) is 6.81. The molecule has 0 saturated carbocycles. The molecule has 2 aromatic carbocycles. The number of benzene rings is 2. The number of nitrogens with zero attached hydrogens (tertiary/aromatic N) is 3. The molecule has 9 nitrogen and oxygen atoms in total. The van der Waals surface area contributed by atoms with Crippen LogP contribution in [0.2, 0.25) is 0 Å². The van der Waals surface area contributed by atoms with Gasteiger partial charge in [-0.15, -0.1) is 0 Å². The van der Waals surface area contributed by atoms with Crippen LogP contribution in [-0.4, -0.2) is 59.9 Å². The van der Waals surface area contributed by atoms with E-state index in [0.717, 1.165) is 10.4 Å². The van der Waals surface area contributed by atoms with E-state index in [2.05, 4.69) is 0 Å². The van der Waals surface area contributed by atoms with Crippen LogP contribution >= 0.6 is 0 Å². The van der Waals surface area contributed by atoms with Crippen LogP contribution in [0.25, 0.3) is 0 Å². The maximum atomic E-state index is 13.0. The lowest BCUT2D eigenvalue weighted by molar-refractivity contribution is -0.000734. The average Bonchev–Trinajstić information content (AvgIpc) is 3.22. The molecule has 0 bridgehead atoms. The van der Waals surface area contributed by atoms with Crippen molar-refractivity contribution in [2.45, 2.75) is 30.8 Å². The van der Waals surface area contributed by atoms with Gasteiger partial charge in [0, 0.05) is 25.2 Å². The fourth-order valence-corrected chi connectivity index (χ4v) is 4.52. The summed E-state index contributed by atoms with van der Waals surface area (Å²) in [5, 5.41) is 45.5. The molecule has 2 aromatic rings. The first-order valence-corrected chi connectivity index (χ1v) is 11.8. The van der Waals surface area contributed by atoms with E-state index in [-0.39, 0.29) is 41.5 Å². The number of nitriles is 2. The first-order valence-electron chi connectivity index (χ1n) is 10.3. The second-order valence-corrected chi connectivity index (χ2v) is 10.2. The van der Waals surface area contributed by atoms with E-state index in [4.69, 9.17) is 20.4 Å². The van der Waals surface area contributed by atoms with Crippen molar-refractivity contribution in [3.63, 3.8) is 0 Å². The molecular formula is C23H26FN3O6S. The van der Waals surface area contributed by atoms with E-state index >= 15 is 0 Å². The van der Waals surface area contributed by atoms with Gasteiger partial charge in [0.05, 0.1) is 35.3 Å². The van der Waals surface area contributed by atoms with E-state index in [1.54, 1.807) is 6.07 Å². The number of sulfonamides is 1. The summed E-state index contributed by atoms with van der Waals surface area (Å²) in [6.07, 6.45) is 0.207. The highest BCUT2D eigenvalue weighted by Crippen LogP contribution is 2.29. The van der Waals surface area contributed by atoms with Crippen molar-refractivity contribution in [3.8, 4) is 23.6 Å². The van der Waals surface area contributed by atoms with Crippen molar-refractivity contribution in [1.29, 1.82) is 10.5 Å². The Morgan fingerprint density at radius 2 is 1.85 bits per heavy atom. The minimum atomic E-state index is -3.69. The number of phenols is 1. The van der Waals surface area contributed by atoms with Crippen molar-refractivity contribution < 1.29 is 32.9 Å². The van der Waals surface area contributed by atoms with Gasteiger partial charge in [-0.05, 0) is 36.6 Å². The van der Waals surface area contributed by atoms with Gasteiger partial charge < -0.3 is 20.1 Å². The third-order valence-electron chi connectivity index (χ3n) is 4.95. The van der Waals surface area contributed by atoms with E-state index in [1.807, 2.05) is 19.9 Å². The number of aliphatic hydroxyl groups excluding tert-OH is 1. The topological polar surface area (TPSA) is 155 Å². The number of halogens is 1. The quantitative estimate of drug-likeness (QED) is 0.555. The van der Waals surface area contributed by atoms with Gasteiger partial charge in [0.15, 0.2) is 11.5 Å². The largest absolute Gasteiger partial charge is 0.504 e. The second-order valence-electron chi connectivity index (χ2n) is 8.22. The Morgan fingerprint density at radius 3 is 2.35 bits per heavy atom. The first kappa shape index (κ1) is 27.0. The molecule has 1 unspecified atom stereocenters. The standard InChI is InChI=1S/C12H14N2O4S.C11H12FNO2/c13-7-10-1-3-11(4-2-10)19(17,18)14-6-5-12(16,8-14)9-15;1-7(2)6-15-11-3-8(5-13)9(12)4-10(11)14/h1-4,15-16H,5-6,8-9H2;3-4,7,14H,6H2,1-2H3. The van der Waals surface area contributed by atoms with Crippen molar-refractivity contribution in [2.24, 2.45) is 5.92 Å². The summed E-state index contributed by atoms with van der Waals surface area (Å²) in [5.74, 6) is -0.597. The predicted octanol–water partition coefficient (Wildman–Crippen LogP) is 2.11. The van der Waals surface area contributed by atoms with Crippen LogP contribution in [0, 0.1) is 34.4 Å². The molecule has 1 saturated heterocycles. The number of β-amino-alcohol motifs (C(OH)–C–C–N with tert-alkyl or cyclic N) is 1. The molecular weight excluding hydrogens is 465 g/mol. The summed E-state index contributed by atoms with van der Waals surface area (Å²) < 4.78 is 43.9. The van der Waals surface area contributed by atoms with Crippen LogP contribution < -0.4 is 4.74 Å². The zero-order valence-electron chi connectivity index (χ0n) is 18.8. The highest BCUT2D eigenvalue weighted by molar-refractivity contribution is 7.89. The molecule has 0 aromatic heterocycles. The highest BCUT2D eigenvalue weighted by Gasteiger charge is 2.41. The molecule has 1 aliphatic rings. The molecule has 1 aliphatic heterocycles. The lowest BCUT2D eigenvalue weighted by atomic mass is 10.1. The highest BCUT2D eigenvalue weighted by atomic mass is 32.2. The number of hydrogen-bond acceptors (Lipinski definition) is 8. The summed E-state index contributed by atoms with van der Waals surface area (Å²) in [7, 11) is -3.69. The monoisotopic (exact) mass is 491 g/mol. The average molecular weight is 492 g/mol. The van der Waals surface area contributed by atoms with E-state index in [9.17, 15) is 23.0 Å². The normalized spacial score (nSPS) is 18.0. The lowest BCUT2D eigenvalue weighted by Crippen LogP contribution is -2.38. The van der Waals surface area contributed by atoms with E-state index < -0.39 is 28.0 Å². The van der Waals surface area contributed by atoms with Crippen LogP contribution in [0.15, 0.2) is 41.3 Å². The van der Waals surface area contributed by atoms with Gasteiger partial charge in [-0.25, -0.2) is 12.8 Å². The Labute approximate surface area is 197 Å². The Hall–Kier alpha value is -3.22. The minimum absolute atomic E-state index is 0.0775. The predicted molar refractivity (Wildman–Crippen MR) is 120 cm³/mol. The van der Waals surface area contributed by atoms with Gasteiger partial charge in [-0.1, -0.05) is 13.8 Å². The van der Waals surface area contributed by atoms with Gasteiger partial charge >= 0.3 is 0 Å². The smallest absolute Gasteiger partial charge is 0.243 e. The van der Waals surface area contributed by atoms with E-state index in [1.165, 1.54) is 30.3 Å². The van der Waals surface area contributed by atoms with Crippen LogP contribution in [0.4, 0.5) is 4.39 Å². The van der Waals surface area contributed by atoms with Crippen LogP contribution in [-0.2, 0) is 10.0 Å². The molecule has 11 heteroatoms.